The van der Waals surface area contributed by atoms with Gasteiger partial charge in [-0.2, -0.15) is 5.10 Å². The molecule has 5 heteroatoms. The highest BCUT2D eigenvalue weighted by molar-refractivity contribution is 6.00. The first-order valence-corrected chi connectivity index (χ1v) is 7.81. The highest BCUT2D eigenvalue weighted by Gasteiger charge is 2.12. The first-order chi connectivity index (χ1) is 11.5. The molecule has 0 fully saturated rings. The van der Waals surface area contributed by atoms with Crippen LogP contribution >= 0.6 is 0 Å². The number of anilines is 2. The van der Waals surface area contributed by atoms with Crippen molar-refractivity contribution >= 4 is 17.5 Å². The van der Waals surface area contributed by atoms with Gasteiger partial charge in [0.1, 0.15) is 5.82 Å². The Morgan fingerprint density at radius 1 is 0.958 bits per heavy atom. The van der Waals surface area contributed by atoms with Crippen molar-refractivity contribution in [2.75, 3.05) is 10.6 Å². The quantitative estimate of drug-likeness (QED) is 0.749. The standard InChI is InChI=1S/C19H20N4O/c1-13-8-7-11-17(15(13)3)20-19(24)21-18-12-14(2)22-23(18)16-9-5-4-6-10-16/h4-12H,1-3H3,(H2,20,21,24). The molecule has 2 aromatic carbocycles. The normalized spacial score (nSPS) is 10.5. The fraction of sp³-hybridized carbons (Fsp3) is 0.158. The Hall–Kier alpha value is -3.08. The number of hydrogen-bond acceptors (Lipinski definition) is 2. The van der Waals surface area contributed by atoms with Crippen molar-refractivity contribution in [3.05, 3.63) is 71.4 Å². The lowest BCUT2D eigenvalue weighted by molar-refractivity contribution is 0.262. The van der Waals surface area contributed by atoms with E-state index in [0.717, 1.165) is 28.2 Å². The lowest BCUT2D eigenvalue weighted by Gasteiger charge is -2.12. The molecule has 0 atom stereocenters. The summed E-state index contributed by atoms with van der Waals surface area (Å²) >= 11 is 0. The Kier molecular flexibility index (Phi) is 4.33. The number of nitrogens with zero attached hydrogens (tertiary/aromatic N) is 2. The number of aryl methyl sites for hydroxylation is 2. The fourth-order valence-electron chi connectivity index (χ4n) is 2.51. The molecule has 0 unspecified atom stereocenters. The van der Waals surface area contributed by atoms with Crippen molar-refractivity contribution in [2.24, 2.45) is 0 Å². The van der Waals surface area contributed by atoms with Gasteiger partial charge in [-0.3, -0.25) is 5.32 Å². The Morgan fingerprint density at radius 2 is 1.71 bits per heavy atom. The molecule has 3 rings (SSSR count). The van der Waals surface area contributed by atoms with Gasteiger partial charge in [-0.1, -0.05) is 30.3 Å². The highest BCUT2D eigenvalue weighted by Crippen LogP contribution is 2.20. The SMILES string of the molecule is Cc1cc(NC(=O)Nc2cccc(C)c2C)n(-c2ccccc2)n1. The minimum atomic E-state index is -0.291. The van der Waals surface area contributed by atoms with Crippen LogP contribution in [0.2, 0.25) is 0 Å². The summed E-state index contributed by atoms with van der Waals surface area (Å²) in [5.74, 6) is 0.626. The Balaban J connectivity index is 1.81. The maximum absolute atomic E-state index is 12.4. The van der Waals surface area contributed by atoms with E-state index in [4.69, 9.17) is 0 Å². The van der Waals surface area contributed by atoms with Crippen LogP contribution in [0.5, 0.6) is 0 Å². The molecule has 5 nitrogen and oxygen atoms in total. The first kappa shape index (κ1) is 15.8. The van der Waals surface area contributed by atoms with Crippen LogP contribution in [0.25, 0.3) is 5.69 Å². The van der Waals surface area contributed by atoms with Crippen molar-refractivity contribution in [1.29, 1.82) is 0 Å². The summed E-state index contributed by atoms with van der Waals surface area (Å²) in [5, 5.41) is 10.2. The monoisotopic (exact) mass is 320 g/mol. The molecule has 24 heavy (non-hydrogen) atoms. The van der Waals surface area contributed by atoms with E-state index in [1.54, 1.807) is 4.68 Å². The molecule has 0 bridgehead atoms. The molecule has 0 aliphatic carbocycles. The molecule has 0 saturated heterocycles. The first-order valence-electron chi connectivity index (χ1n) is 7.81. The summed E-state index contributed by atoms with van der Waals surface area (Å²) in [6, 6.07) is 17.1. The van der Waals surface area contributed by atoms with Gasteiger partial charge in [0.25, 0.3) is 0 Å². The van der Waals surface area contributed by atoms with E-state index < -0.39 is 0 Å². The van der Waals surface area contributed by atoms with Gasteiger partial charge in [0.2, 0.25) is 0 Å². The van der Waals surface area contributed by atoms with Gasteiger partial charge in [0.05, 0.1) is 11.4 Å². The van der Waals surface area contributed by atoms with Crippen molar-refractivity contribution in [3.63, 3.8) is 0 Å². The van der Waals surface area contributed by atoms with Crippen LogP contribution in [-0.4, -0.2) is 15.8 Å². The zero-order chi connectivity index (χ0) is 17.1. The second kappa shape index (κ2) is 6.58. The van der Waals surface area contributed by atoms with Gasteiger partial charge >= 0.3 is 6.03 Å². The summed E-state index contributed by atoms with van der Waals surface area (Å²) in [6.45, 7) is 5.91. The topological polar surface area (TPSA) is 59.0 Å². The second-order valence-corrected chi connectivity index (χ2v) is 5.74. The predicted octanol–water partition coefficient (Wildman–Crippen LogP) is 4.44. The van der Waals surface area contributed by atoms with Crippen molar-refractivity contribution in [3.8, 4) is 5.69 Å². The Labute approximate surface area is 141 Å². The van der Waals surface area contributed by atoms with E-state index in [0.29, 0.717) is 5.82 Å². The van der Waals surface area contributed by atoms with E-state index in [2.05, 4.69) is 15.7 Å². The predicted molar refractivity (Wildman–Crippen MR) is 96.9 cm³/mol. The largest absolute Gasteiger partial charge is 0.324 e. The van der Waals surface area contributed by atoms with Crippen LogP contribution in [0, 0.1) is 20.8 Å². The Morgan fingerprint density at radius 3 is 2.46 bits per heavy atom. The maximum Gasteiger partial charge on any atom is 0.324 e. The molecule has 1 heterocycles. The summed E-state index contributed by atoms with van der Waals surface area (Å²) in [4.78, 5) is 12.4. The molecule has 2 amide bonds. The summed E-state index contributed by atoms with van der Waals surface area (Å²) in [6.07, 6.45) is 0. The zero-order valence-electron chi connectivity index (χ0n) is 14.0. The minimum Gasteiger partial charge on any atom is -0.307 e. The van der Waals surface area contributed by atoms with Gasteiger partial charge < -0.3 is 5.32 Å². The third-order valence-corrected chi connectivity index (χ3v) is 3.93. The number of nitrogens with one attached hydrogen (secondary N) is 2. The van der Waals surface area contributed by atoms with E-state index in [1.807, 2.05) is 75.4 Å². The number of para-hydroxylation sites is 1. The van der Waals surface area contributed by atoms with E-state index >= 15 is 0 Å². The maximum atomic E-state index is 12.4. The third-order valence-electron chi connectivity index (χ3n) is 3.93. The number of amides is 2. The molecule has 0 aliphatic heterocycles. The third kappa shape index (κ3) is 3.30. The number of hydrogen-bond donors (Lipinski definition) is 2. The van der Waals surface area contributed by atoms with Gasteiger partial charge in [0, 0.05) is 11.8 Å². The molecule has 0 saturated carbocycles. The van der Waals surface area contributed by atoms with E-state index in [-0.39, 0.29) is 6.03 Å². The molecular weight excluding hydrogens is 300 g/mol. The molecular formula is C19H20N4O. The van der Waals surface area contributed by atoms with Gasteiger partial charge in [-0.05, 0) is 50.1 Å². The number of rotatable bonds is 3. The number of carbonyl (C=O) groups excluding carboxylic acids is 1. The number of carbonyl (C=O) groups is 1. The minimum absolute atomic E-state index is 0.291. The molecule has 0 radical (unpaired) electrons. The zero-order valence-corrected chi connectivity index (χ0v) is 14.0. The average molecular weight is 320 g/mol. The van der Waals surface area contributed by atoms with Crippen LogP contribution < -0.4 is 10.6 Å². The number of urea groups is 1. The van der Waals surface area contributed by atoms with Crippen LogP contribution in [-0.2, 0) is 0 Å². The Bertz CT molecular complexity index is 868. The lowest BCUT2D eigenvalue weighted by atomic mass is 10.1. The van der Waals surface area contributed by atoms with Crippen molar-refractivity contribution in [1.82, 2.24) is 9.78 Å². The molecule has 0 aliphatic rings. The number of aromatic nitrogens is 2. The van der Waals surface area contributed by atoms with Gasteiger partial charge in [-0.15, -0.1) is 0 Å². The fourth-order valence-corrected chi connectivity index (χ4v) is 2.51. The summed E-state index contributed by atoms with van der Waals surface area (Å²) in [5.41, 5.74) is 4.72. The molecule has 3 aromatic rings. The van der Waals surface area contributed by atoms with E-state index in [1.165, 1.54) is 0 Å². The lowest BCUT2D eigenvalue weighted by Crippen LogP contribution is -2.21. The highest BCUT2D eigenvalue weighted by atomic mass is 16.2. The average Bonchev–Trinajstić information content (AvgIpc) is 2.93. The van der Waals surface area contributed by atoms with Crippen molar-refractivity contribution in [2.45, 2.75) is 20.8 Å². The smallest absolute Gasteiger partial charge is 0.307 e. The van der Waals surface area contributed by atoms with Crippen LogP contribution in [0.15, 0.2) is 54.6 Å². The van der Waals surface area contributed by atoms with Crippen LogP contribution in [0.1, 0.15) is 16.8 Å². The van der Waals surface area contributed by atoms with E-state index in [9.17, 15) is 4.79 Å². The summed E-state index contributed by atoms with van der Waals surface area (Å²) < 4.78 is 1.72. The molecule has 0 spiro atoms. The molecule has 1 aromatic heterocycles. The molecule has 2 N–H and O–H groups in total. The second-order valence-electron chi connectivity index (χ2n) is 5.74. The van der Waals surface area contributed by atoms with Crippen LogP contribution in [0.3, 0.4) is 0 Å². The number of benzene rings is 2. The van der Waals surface area contributed by atoms with Crippen LogP contribution in [0.4, 0.5) is 16.3 Å². The van der Waals surface area contributed by atoms with Crippen molar-refractivity contribution < 1.29 is 4.79 Å². The van der Waals surface area contributed by atoms with Gasteiger partial charge in [-0.25, -0.2) is 9.48 Å². The van der Waals surface area contributed by atoms with Gasteiger partial charge in [0.15, 0.2) is 0 Å². The molecule has 122 valence electrons. The summed E-state index contributed by atoms with van der Waals surface area (Å²) in [7, 11) is 0.